The number of benzene rings is 3. The molecule has 1 amide bonds. The fourth-order valence-corrected chi connectivity index (χ4v) is 4.61. The Hall–Kier alpha value is -4.62. The van der Waals surface area contributed by atoms with Gasteiger partial charge in [-0.05, 0) is 60.2 Å². The van der Waals surface area contributed by atoms with Crippen LogP contribution in [-0.2, 0) is 27.5 Å². The minimum Gasteiger partial charge on any atom is -0.497 e. The molecule has 0 atom stereocenters. The van der Waals surface area contributed by atoms with Gasteiger partial charge in [0.1, 0.15) is 21.4 Å². The highest BCUT2D eigenvalue weighted by Crippen LogP contribution is 2.35. The number of ether oxygens (including phenoxy) is 2. The van der Waals surface area contributed by atoms with Crippen LogP contribution in [0.25, 0.3) is 0 Å². The number of alkyl halides is 3. The van der Waals surface area contributed by atoms with Gasteiger partial charge in [0.2, 0.25) is 11.8 Å². The van der Waals surface area contributed by atoms with Crippen LogP contribution in [0.15, 0.2) is 95.1 Å². The minimum absolute atomic E-state index is 0.0436. The van der Waals surface area contributed by atoms with Gasteiger partial charge in [0.15, 0.2) is 5.75 Å². The lowest BCUT2D eigenvalue weighted by atomic mass is 10.1. The van der Waals surface area contributed by atoms with Crippen molar-refractivity contribution in [3.63, 3.8) is 0 Å². The average Bonchev–Trinajstić information content (AvgIpc) is 2.95. The third-order valence-corrected chi connectivity index (χ3v) is 6.99. The van der Waals surface area contributed by atoms with E-state index in [4.69, 9.17) is 25.3 Å². The molecule has 42 heavy (non-hydrogen) atoms. The molecule has 218 valence electrons. The first-order valence-corrected chi connectivity index (χ1v) is 13.7. The summed E-state index contributed by atoms with van der Waals surface area (Å²) < 4.78 is 80.1. The first-order chi connectivity index (χ1) is 19.9. The first kappa shape index (κ1) is 30.3. The summed E-state index contributed by atoms with van der Waals surface area (Å²) in [6, 6.07) is 18.7. The van der Waals surface area contributed by atoms with Gasteiger partial charge < -0.3 is 13.7 Å². The molecule has 14 heteroatoms. The normalized spacial score (nSPS) is 11.7. The molecule has 0 aliphatic carbocycles. The van der Waals surface area contributed by atoms with Crippen LogP contribution in [0.5, 0.6) is 23.1 Å². The van der Waals surface area contributed by atoms with Gasteiger partial charge in [-0.2, -0.15) is 26.7 Å². The zero-order valence-electron chi connectivity index (χ0n) is 21.6. The Bertz CT molecular complexity index is 1710. The maximum absolute atomic E-state index is 12.9. The van der Waals surface area contributed by atoms with Crippen LogP contribution >= 0.6 is 11.6 Å². The number of carbonyl (C=O) groups is 1. The van der Waals surface area contributed by atoms with Crippen molar-refractivity contribution in [3.8, 4) is 23.1 Å². The summed E-state index contributed by atoms with van der Waals surface area (Å²) in [5.41, 5.74) is 2.32. The second-order valence-corrected chi connectivity index (χ2v) is 10.4. The molecule has 4 aromatic rings. The van der Waals surface area contributed by atoms with Crippen LogP contribution < -0.4 is 19.1 Å². The molecule has 0 radical (unpaired) electrons. The Balaban J connectivity index is 1.41. The number of hydrazone groups is 1. The molecule has 0 aliphatic heterocycles. The predicted molar refractivity (Wildman–Crippen MR) is 147 cm³/mol. The summed E-state index contributed by atoms with van der Waals surface area (Å²) in [5, 5.41) is 3.52. The number of nitrogens with zero attached hydrogens (tertiary/aromatic N) is 2. The number of hydrogen-bond donors (Lipinski definition) is 1. The number of halogens is 4. The molecule has 0 fully saturated rings. The van der Waals surface area contributed by atoms with E-state index in [1.807, 2.05) is 0 Å². The van der Waals surface area contributed by atoms with Gasteiger partial charge in [0, 0.05) is 11.8 Å². The number of carbonyl (C=O) groups excluding carboxylic acids is 1. The highest BCUT2D eigenvalue weighted by atomic mass is 35.5. The summed E-state index contributed by atoms with van der Waals surface area (Å²) in [7, 11) is -2.81. The number of rotatable bonds is 10. The summed E-state index contributed by atoms with van der Waals surface area (Å²) >= 11 is 5.85. The summed E-state index contributed by atoms with van der Waals surface area (Å²) in [6.07, 6.45) is -2.77. The molecule has 4 rings (SSSR count). The van der Waals surface area contributed by atoms with Crippen molar-refractivity contribution >= 4 is 33.8 Å². The lowest BCUT2D eigenvalue weighted by molar-refractivity contribution is -0.137. The third-order valence-electron chi connectivity index (χ3n) is 5.47. The Kier molecular flexibility index (Phi) is 9.33. The number of nitrogens with one attached hydrogen (secondary N) is 1. The van der Waals surface area contributed by atoms with E-state index in [0.29, 0.717) is 23.6 Å². The van der Waals surface area contributed by atoms with Crippen LogP contribution in [0, 0.1) is 0 Å². The smallest absolute Gasteiger partial charge is 0.417 e. The summed E-state index contributed by atoms with van der Waals surface area (Å²) in [5.74, 6) is -0.0653. The van der Waals surface area contributed by atoms with E-state index in [1.54, 1.807) is 42.5 Å². The number of methoxy groups -OCH3 is 1. The van der Waals surface area contributed by atoms with Gasteiger partial charge in [-0.15, -0.1) is 0 Å². The minimum atomic E-state index is -4.62. The standard InChI is InChI=1S/C28H21ClF3N3O6S/c1-39-22-7-4-5-18(13-22)14-26(36)35-34-16-19-6-2-3-8-25(19)41-42(37,38)23-11-9-21(10-12-23)40-27-24(29)15-20(17-33-27)28(30,31)32/h2-13,15-17H,14H2,1H3,(H,35,36)/b34-16+. The zero-order chi connectivity index (χ0) is 30.3. The summed E-state index contributed by atoms with van der Waals surface area (Å²) in [4.78, 5) is 15.6. The quantitative estimate of drug-likeness (QED) is 0.131. The molecule has 1 N–H and O–H groups in total. The van der Waals surface area contributed by atoms with Gasteiger partial charge >= 0.3 is 16.3 Å². The van der Waals surface area contributed by atoms with Crippen molar-refractivity contribution in [2.45, 2.75) is 17.5 Å². The van der Waals surface area contributed by atoms with Crippen LogP contribution in [-0.4, -0.2) is 32.6 Å². The van der Waals surface area contributed by atoms with Crippen molar-refractivity contribution in [2.75, 3.05) is 7.11 Å². The topological polar surface area (TPSA) is 116 Å². The van der Waals surface area contributed by atoms with Crippen LogP contribution in [0.2, 0.25) is 5.02 Å². The fraction of sp³-hybridized carbons (Fsp3) is 0.107. The lowest BCUT2D eigenvalue weighted by Crippen LogP contribution is -2.20. The van der Waals surface area contributed by atoms with Crippen molar-refractivity contribution in [2.24, 2.45) is 5.10 Å². The molecular formula is C28H21ClF3N3O6S. The monoisotopic (exact) mass is 619 g/mol. The Morgan fingerprint density at radius 3 is 2.45 bits per heavy atom. The number of hydrogen-bond acceptors (Lipinski definition) is 8. The van der Waals surface area contributed by atoms with Crippen LogP contribution in [0.3, 0.4) is 0 Å². The number of pyridine rings is 1. The highest BCUT2D eigenvalue weighted by molar-refractivity contribution is 7.87. The van der Waals surface area contributed by atoms with Crippen molar-refractivity contribution in [1.29, 1.82) is 0 Å². The fourth-order valence-electron chi connectivity index (χ4n) is 3.45. The molecular weight excluding hydrogens is 599 g/mol. The largest absolute Gasteiger partial charge is 0.497 e. The van der Waals surface area contributed by atoms with Crippen molar-refractivity contribution in [1.82, 2.24) is 10.4 Å². The molecule has 0 aliphatic rings. The molecule has 0 saturated heterocycles. The molecule has 0 saturated carbocycles. The van der Waals surface area contributed by atoms with E-state index < -0.39 is 27.8 Å². The molecule has 9 nitrogen and oxygen atoms in total. The second kappa shape index (κ2) is 12.9. The molecule has 3 aromatic carbocycles. The maximum atomic E-state index is 12.9. The maximum Gasteiger partial charge on any atom is 0.417 e. The van der Waals surface area contributed by atoms with Crippen molar-refractivity contribution in [3.05, 3.63) is 107 Å². The van der Waals surface area contributed by atoms with Gasteiger partial charge in [-0.3, -0.25) is 4.79 Å². The van der Waals surface area contributed by atoms with Gasteiger partial charge in [-0.1, -0.05) is 35.9 Å². The Labute approximate surface area is 243 Å². The van der Waals surface area contributed by atoms with E-state index >= 15 is 0 Å². The lowest BCUT2D eigenvalue weighted by Gasteiger charge is -2.11. The second-order valence-electron chi connectivity index (χ2n) is 8.48. The van der Waals surface area contributed by atoms with Crippen LogP contribution in [0.4, 0.5) is 13.2 Å². The molecule has 1 heterocycles. The molecule has 0 bridgehead atoms. The van der Waals surface area contributed by atoms with Gasteiger partial charge in [0.25, 0.3) is 0 Å². The highest BCUT2D eigenvalue weighted by Gasteiger charge is 2.32. The SMILES string of the molecule is COc1cccc(CC(=O)N/N=C/c2ccccc2OS(=O)(=O)c2ccc(Oc3ncc(C(F)(F)F)cc3Cl)cc2)c1. The van der Waals surface area contributed by atoms with E-state index in [-0.39, 0.29) is 39.3 Å². The third kappa shape index (κ3) is 7.98. The number of amides is 1. The van der Waals surface area contributed by atoms with E-state index in [0.717, 1.165) is 0 Å². The predicted octanol–water partition coefficient (Wildman–Crippen LogP) is 6.02. The summed E-state index contributed by atoms with van der Waals surface area (Å²) in [6.45, 7) is 0. The molecule has 0 unspecified atom stereocenters. The van der Waals surface area contributed by atoms with Gasteiger partial charge in [0.05, 0.1) is 25.3 Å². The molecule has 1 aromatic heterocycles. The number of para-hydroxylation sites is 1. The Morgan fingerprint density at radius 2 is 1.76 bits per heavy atom. The van der Waals surface area contributed by atoms with E-state index in [9.17, 15) is 26.4 Å². The van der Waals surface area contributed by atoms with Crippen molar-refractivity contribution < 1.29 is 40.0 Å². The van der Waals surface area contributed by atoms with E-state index in [1.165, 1.54) is 43.7 Å². The van der Waals surface area contributed by atoms with Gasteiger partial charge in [-0.25, -0.2) is 10.4 Å². The zero-order valence-corrected chi connectivity index (χ0v) is 23.2. The average molecular weight is 620 g/mol. The molecule has 0 spiro atoms. The van der Waals surface area contributed by atoms with Crippen LogP contribution in [0.1, 0.15) is 16.7 Å². The van der Waals surface area contributed by atoms with E-state index in [2.05, 4.69) is 15.5 Å². The Morgan fingerprint density at radius 1 is 1.02 bits per heavy atom. The first-order valence-electron chi connectivity index (χ1n) is 11.9. The number of aromatic nitrogens is 1.